The molecule has 0 aliphatic carbocycles. The predicted octanol–water partition coefficient (Wildman–Crippen LogP) is 4.05. The van der Waals surface area contributed by atoms with Gasteiger partial charge in [-0.15, -0.1) is 0 Å². The molecule has 33 heavy (non-hydrogen) atoms. The van der Waals surface area contributed by atoms with Crippen molar-refractivity contribution in [1.82, 2.24) is 5.43 Å². The van der Waals surface area contributed by atoms with Crippen LogP contribution in [0.4, 0.5) is 0 Å². The summed E-state index contributed by atoms with van der Waals surface area (Å²) >= 11 is 2.08. The molecule has 3 aromatic rings. The number of nitrogens with one attached hydrogen (secondary N) is 1. The van der Waals surface area contributed by atoms with Crippen LogP contribution in [-0.2, 0) is 0 Å². The average Bonchev–Trinajstić information content (AvgIpc) is 2.84. The lowest BCUT2D eigenvalue weighted by molar-refractivity contribution is 0.0728. The molecule has 0 saturated carbocycles. The lowest BCUT2D eigenvalue weighted by Gasteiger charge is -2.18. The van der Waals surface area contributed by atoms with Crippen LogP contribution in [0.15, 0.2) is 65.8 Å². The van der Waals surface area contributed by atoms with E-state index < -0.39 is 11.9 Å². The van der Waals surface area contributed by atoms with E-state index in [9.17, 15) is 9.59 Å². The molecule has 1 aliphatic rings. The summed E-state index contributed by atoms with van der Waals surface area (Å²) in [4.78, 5) is 24.9. The predicted molar refractivity (Wildman–Crippen MR) is 130 cm³/mol. The normalized spacial score (nSPS) is 12.3. The van der Waals surface area contributed by atoms with Crippen LogP contribution >= 0.6 is 22.6 Å². The monoisotopic (exact) mass is 558 g/mol. The third-order valence-electron chi connectivity index (χ3n) is 4.67. The minimum absolute atomic E-state index is 0.277. The highest BCUT2D eigenvalue weighted by Gasteiger charge is 2.16. The molecule has 1 amide bonds. The number of methoxy groups -OCH3 is 1. The smallest absolute Gasteiger partial charge is 0.344 e. The van der Waals surface area contributed by atoms with Crippen LogP contribution in [0.3, 0.4) is 0 Å². The van der Waals surface area contributed by atoms with Crippen molar-refractivity contribution in [3.8, 4) is 23.0 Å². The second kappa shape index (κ2) is 10.3. The van der Waals surface area contributed by atoms with Crippen LogP contribution in [0, 0.1) is 3.57 Å². The maximum atomic E-state index is 12.5. The Morgan fingerprint density at radius 2 is 1.79 bits per heavy atom. The van der Waals surface area contributed by atoms with Crippen LogP contribution in [0.25, 0.3) is 0 Å². The molecule has 0 bridgehead atoms. The molecule has 0 fully saturated rings. The van der Waals surface area contributed by atoms with E-state index in [0.717, 1.165) is 3.57 Å². The first-order chi connectivity index (χ1) is 16.0. The van der Waals surface area contributed by atoms with Gasteiger partial charge in [-0.1, -0.05) is 12.1 Å². The number of halogens is 1. The van der Waals surface area contributed by atoms with Crippen LogP contribution in [0.1, 0.15) is 26.3 Å². The SMILES string of the molecule is COc1cc(C=NNC(=O)c2ccc3c(c2)OCCO3)ccc1OC(=O)c1ccccc1I. The van der Waals surface area contributed by atoms with Gasteiger partial charge in [0, 0.05) is 9.13 Å². The Morgan fingerprint density at radius 1 is 1.00 bits per heavy atom. The molecule has 1 aliphatic heterocycles. The minimum atomic E-state index is -0.480. The van der Waals surface area contributed by atoms with Crippen molar-refractivity contribution < 1.29 is 28.5 Å². The average molecular weight is 558 g/mol. The van der Waals surface area contributed by atoms with Gasteiger partial charge in [0.15, 0.2) is 23.0 Å². The van der Waals surface area contributed by atoms with Crippen molar-refractivity contribution in [1.29, 1.82) is 0 Å². The fourth-order valence-corrected chi connectivity index (χ4v) is 3.65. The molecular formula is C24H19IN2O6. The Morgan fingerprint density at radius 3 is 2.58 bits per heavy atom. The van der Waals surface area contributed by atoms with E-state index in [4.69, 9.17) is 18.9 Å². The fraction of sp³-hybridized carbons (Fsp3) is 0.125. The Bertz CT molecular complexity index is 1230. The number of benzene rings is 3. The summed E-state index contributed by atoms with van der Waals surface area (Å²) < 4.78 is 22.6. The summed E-state index contributed by atoms with van der Waals surface area (Å²) in [5, 5.41) is 3.99. The van der Waals surface area contributed by atoms with E-state index in [1.54, 1.807) is 48.5 Å². The van der Waals surface area contributed by atoms with Crippen molar-refractivity contribution in [2.45, 2.75) is 0 Å². The van der Waals surface area contributed by atoms with E-state index in [1.165, 1.54) is 13.3 Å². The zero-order valence-corrected chi connectivity index (χ0v) is 19.7. The van der Waals surface area contributed by atoms with E-state index >= 15 is 0 Å². The van der Waals surface area contributed by atoms with Crippen molar-refractivity contribution in [2.24, 2.45) is 5.10 Å². The molecule has 0 aromatic heterocycles. The van der Waals surface area contributed by atoms with Gasteiger partial charge in [-0.2, -0.15) is 5.10 Å². The summed E-state index contributed by atoms with van der Waals surface area (Å²) in [7, 11) is 1.48. The number of ether oxygens (including phenoxy) is 4. The van der Waals surface area contributed by atoms with Crippen molar-refractivity contribution in [3.05, 3.63) is 80.9 Å². The lowest BCUT2D eigenvalue weighted by Crippen LogP contribution is -2.19. The molecule has 1 heterocycles. The van der Waals surface area contributed by atoms with Crippen LogP contribution in [0.2, 0.25) is 0 Å². The standard InChI is InChI=1S/C24H19IN2O6/c1-30-21-12-15(6-8-20(21)33-24(29)17-4-2-3-5-18(17)25)14-26-27-23(28)16-7-9-19-22(13-16)32-11-10-31-19/h2-9,12-14H,10-11H2,1H3,(H,27,28). The first kappa shape index (κ1) is 22.6. The van der Waals surface area contributed by atoms with Crippen molar-refractivity contribution in [3.63, 3.8) is 0 Å². The molecule has 1 N–H and O–H groups in total. The zero-order valence-electron chi connectivity index (χ0n) is 17.5. The number of hydrogen-bond acceptors (Lipinski definition) is 7. The lowest BCUT2D eigenvalue weighted by atomic mass is 10.2. The van der Waals surface area contributed by atoms with Crippen LogP contribution in [0.5, 0.6) is 23.0 Å². The maximum absolute atomic E-state index is 12.5. The Labute approximate surface area is 203 Å². The molecule has 0 unspecified atom stereocenters. The van der Waals surface area contributed by atoms with Gasteiger partial charge < -0.3 is 18.9 Å². The summed E-state index contributed by atoms with van der Waals surface area (Å²) in [5.74, 6) is 0.898. The van der Waals surface area contributed by atoms with Gasteiger partial charge in [0.05, 0.1) is 18.9 Å². The zero-order chi connectivity index (χ0) is 23.2. The Balaban J connectivity index is 1.42. The molecule has 9 heteroatoms. The molecule has 4 rings (SSSR count). The molecule has 168 valence electrons. The number of hydrazone groups is 1. The van der Waals surface area contributed by atoms with Gasteiger partial charge in [0.2, 0.25) is 0 Å². The topological polar surface area (TPSA) is 95.5 Å². The number of esters is 1. The molecule has 8 nitrogen and oxygen atoms in total. The van der Waals surface area contributed by atoms with Crippen LogP contribution in [-0.4, -0.2) is 38.4 Å². The molecular weight excluding hydrogens is 539 g/mol. The van der Waals surface area contributed by atoms with E-state index in [0.29, 0.717) is 47.2 Å². The van der Waals surface area contributed by atoms with Gasteiger partial charge in [0.1, 0.15) is 13.2 Å². The fourth-order valence-electron chi connectivity index (χ4n) is 3.04. The third-order valence-corrected chi connectivity index (χ3v) is 5.61. The van der Waals surface area contributed by atoms with E-state index in [1.807, 2.05) is 12.1 Å². The Kier molecular flexibility index (Phi) is 7.08. The van der Waals surface area contributed by atoms with Gasteiger partial charge in [-0.25, -0.2) is 10.2 Å². The van der Waals surface area contributed by atoms with Crippen LogP contribution < -0.4 is 24.4 Å². The van der Waals surface area contributed by atoms with Gasteiger partial charge >= 0.3 is 5.97 Å². The number of carbonyl (C=O) groups excluding carboxylic acids is 2. The summed E-state index contributed by atoms with van der Waals surface area (Å²) in [5.41, 5.74) is 3.98. The Hall–Kier alpha value is -3.60. The summed E-state index contributed by atoms with van der Waals surface area (Å²) in [6, 6.07) is 17.0. The highest BCUT2D eigenvalue weighted by atomic mass is 127. The second-order valence-electron chi connectivity index (χ2n) is 6.84. The molecule has 0 spiro atoms. The maximum Gasteiger partial charge on any atom is 0.344 e. The second-order valence-corrected chi connectivity index (χ2v) is 8.00. The molecule has 0 atom stereocenters. The van der Waals surface area contributed by atoms with Crippen molar-refractivity contribution >= 4 is 40.7 Å². The third kappa shape index (κ3) is 5.43. The molecule has 3 aromatic carbocycles. The van der Waals surface area contributed by atoms with E-state index in [2.05, 4.69) is 33.1 Å². The highest BCUT2D eigenvalue weighted by molar-refractivity contribution is 14.1. The largest absolute Gasteiger partial charge is 0.493 e. The van der Waals surface area contributed by atoms with Crippen molar-refractivity contribution in [2.75, 3.05) is 20.3 Å². The number of fused-ring (bicyclic) bond motifs is 1. The number of amides is 1. The minimum Gasteiger partial charge on any atom is -0.493 e. The molecule has 0 saturated heterocycles. The van der Waals surface area contributed by atoms with E-state index in [-0.39, 0.29) is 5.75 Å². The number of hydrogen-bond donors (Lipinski definition) is 1. The number of nitrogens with zero attached hydrogens (tertiary/aromatic N) is 1. The van der Waals surface area contributed by atoms with Gasteiger partial charge in [0.25, 0.3) is 5.91 Å². The first-order valence-corrected chi connectivity index (χ1v) is 11.0. The first-order valence-electron chi connectivity index (χ1n) is 9.93. The summed E-state index contributed by atoms with van der Waals surface area (Å²) in [6.45, 7) is 0.920. The highest BCUT2D eigenvalue weighted by Crippen LogP contribution is 2.31. The number of rotatable bonds is 6. The quantitative estimate of drug-likeness (QED) is 0.161. The number of carbonyl (C=O) groups is 2. The molecule has 0 radical (unpaired) electrons. The van der Waals surface area contributed by atoms with Gasteiger partial charge in [-0.3, -0.25) is 4.79 Å². The summed E-state index contributed by atoms with van der Waals surface area (Å²) in [6.07, 6.45) is 1.46. The van der Waals surface area contributed by atoms with Gasteiger partial charge in [-0.05, 0) is 76.7 Å².